The van der Waals surface area contributed by atoms with Crippen molar-refractivity contribution in [2.24, 2.45) is 5.92 Å². The quantitative estimate of drug-likeness (QED) is 0.708. The molecular weight excluding hydrogens is 372 g/mol. The summed E-state index contributed by atoms with van der Waals surface area (Å²) in [6.45, 7) is 7.81. The Morgan fingerprint density at radius 2 is 1.74 bits per heavy atom. The molecule has 27 heavy (non-hydrogen) atoms. The largest absolute Gasteiger partial charge is 0.480 e. The smallest absolute Gasteiger partial charge is 0.325 e. The Balaban J connectivity index is 1.96. The van der Waals surface area contributed by atoms with Gasteiger partial charge in [0.05, 0.1) is 10.7 Å². The number of rotatable bonds is 5. The van der Waals surface area contributed by atoms with Crippen LogP contribution in [0.3, 0.4) is 0 Å². The van der Waals surface area contributed by atoms with E-state index in [1.807, 2.05) is 18.7 Å². The fraction of sp³-hybridized carbons (Fsp3) is 0.500. The van der Waals surface area contributed by atoms with Gasteiger partial charge in [0, 0.05) is 37.8 Å². The normalized spacial score (nSPS) is 15.4. The van der Waals surface area contributed by atoms with Crippen LogP contribution in [-0.2, 0) is 9.59 Å². The van der Waals surface area contributed by atoms with E-state index in [2.05, 4.69) is 15.5 Å². The van der Waals surface area contributed by atoms with Crippen molar-refractivity contribution in [1.29, 1.82) is 0 Å². The lowest BCUT2D eigenvalue weighted by atomic mass is 10.1. The van der Waals surface area contributed by atoms with Gasteiger partial charge in [-0.05, 0) is 25.1 Å². The number of aliphatic carboxylic acids is 1. The number of urea groups is 1. The predicted molar refractivity (Wildman–Crippen MR) is 104 cm³/mol. The summed E-state index contributed by atoms with van der Waals surface area (Å²) in [6, 6.07) is 3.52. The molecule has 0 saturated carbocycles. The standard InChI is InChI=1S/C18H25ClN4O4/c1-11(2)16(24)23-8-6-22(7-9-23)15-5-4-13(10-14(15)19)21-18(27)20-12(3)17(25)26/h4-5,10-12H,6-9H2,1-3H3,(H,25,26)(H2,20,21,27). The molecule has 148 valence electrons. The van der Waals surface area contributed by atoms with Crippen LogP contribution in [-0.4, -0.2) is 60.1 Å². The van der Waals surface area contributed by atoms with Crippen molar-refractivity contribution in [3.05, 3.63) is 23.2 Å². The average Bonchev–Trinajstić information content (AvgIpc) is 2.61. The zero-order valence-electron chi connectivity index (χ0n) is 15.7. The minimum atomic E-state index is -1.12. The van der Waals surface area contributed by atoms with Gasteiger partial charge in [0.25, 0.3) is 0 Å². The number of nitrogens with zero attached hydrogens (tertiary/aromatic N) is 2. The maximum Gasteiger partial charge on any atom is 0.325 e. The van der Waals surface area contributed by atoms with Crippen LogP contribution in [0.5, 0.6) is 0 Å². The highest BCUT2D eigenvalue weighted by Gasteiger charge is 2.24. The van der Waals surface area contributed by atoms with E-state index in [1.54, 1.807) is 18.2 Å². The van der Waals surface area contributed by atoms with E-state index in [0.717, 1.165) is 5.69 Å². The highest BCUT2D eigenvalue weighted by Crippen LogP contribution is 2.29. The van der Waals surface area contributed by atoms with Crippen molar-refractivity contribution in [1.82, 2.24) is 10.2 Å². The molecule has 1 aromatic rings. The molecule has 3 N–H and O–H groups in total. The van der Waals surface area contributed by atoms with Gasteiger partial charge in [-0.1, -0.05) is 25.4 Å². The molecule has 0 aromatic heterocycles. The molecule has 8 nitrogen and oxygen atoms in total. The maximum atomic E-state index is 12.1. The van der Waals surface area contributed by atoms with Gasteiger partial charge in [0.1, 0.15) is 6.04 Å². The summed E-state index contributed by atoms with van der Waals surface area (Å²) in [4.78, 5) is 38.6. The van der Waals surface area contributed by atoms with E-state index >= 15 is 0 Å². The summed E-state index contributed by atoms with van der Waals surface area (Å²) in [5, 5.41) is 14.2. The van der Waals surface area contributed by atoms with E-state index in [1.165, 1.54) is 6.92 Å². The number of halogens is 1. The summed E-state index contributed by atoms with van der Waals surface area (Å²) in [5.41, 5.74) is 1.30. The summed E-state index contributed by atoms with van der Waals surface area (Å²) in [5.74, 6) is -0.976. The first-order valence-electron chi connectivity index (χ1n) is 8.82. The summed E-state index contributed by atoms with van der Waals surface area (Å²) >= 11 is 6.36. The van der Waals surface area contributed by atoms with E-state index in [0.29, 0.717) is 36.9 Å². The molecular formula is C18H25ClN4O4. The molecule has 9 heteroatoms. The monoisotopic (exact) mass is 396 g/mol. The highest BCUT2D eigenvalue weighted by molar-refractivity contribution is 6.33. The lowest BCUT2D eigenvalue weighted by Crippen LogP contribution is -2.50. The third kappa shape index (κ3) is 5.50. The van der Waals surface area contributed by atoms with Gasteiger partial charge in [-0.25, -0.2) is 4.79 Å². The molecule has 1 atom stereocenters. The number of piperazine rings is 1. The van der Waals surface area contributed by atoms with E-state index in [-0.39, 0.29) is 11.8 Å². The summed E-state index contributed by atoms with van der Waals surface area (Å²) < 4.78 is 0. The average molecular weight is 397 g/mol. The minimum Gasteiger partial charge on any atom is -0.480 e. The summed E-state index contributed by atoms with van der Waals surface area (Å²) in [6.07, 6.45) is 0. The molecule has 1 aliphatic heterocycles. The molecule has 0 spiro atoms. The zero-order chi connectivity index (χ0) is 20.1. The number of amides is 3. The number of hydrogen-bond acceptors (Lipinski definition) is 4. The van der Waals surface area contributed by atoms with E-state index < -0.39 is 18.0 Å². The van der Waals surface area contributed by atoms with Gasteiger partial charge in [-0.15, -0.1) is 0 Å². The molecule has 1 saturated heterocycles. The van der Waals surface area contributed by atoms with Gasteiger partial charge in [-0.3, -0.25) is 9.59 Å². The molecule has 1 aromatic carbocycles. The number of carbonyl (C=O) groups is 3. The van der Waals surface area contributed by atoms with Gasteiger partial charge in [0.15, 0.2) is 0 Å². The first-order chi connectivity index (χ1) is 12.7. The molecule has 0 bridgehead atoms. The molecule has 2 rings (SSSR count). The van der Waals surface area contributed by atoms with Crippen LogP contribution in [0.2, 0.25) is 5.02 Å². The van der Waals surface area contributed by atoms with Gasteiger partial charge >= 0.3 is 12.0 Å². The Labute approximate surface area is 163 Å². The number of nitrogens with one attached hydrogen (secondary N) is 2. The minimum absolute atomic E-state index is 0.0134. The van der Waals surface area contributed by atoms with Crippen LogP contribution < -0.4 is 15.5 Å². The van der Waals surface area contributed by atoms with Crippen molar-refractivity contribution < 1.29 is 19.5 Å². The molecule has 0 aliphatic carbocycles. The Morgan fingerprint density at radius 3 is 2.26 bits per heavy atom. The second-order valence-electron chi connectivity index (χ2n) is 6.79. The highest BCUT2D eigenvalue weighted by atomic mass is 35.5. The van der Waals surface area contributed by atoms with Crippen molar-refractivity contribution in [2.75, 3.05) is 36.4 Å². The third-order valence-corrected chi connectivity index (χ3v) is 4.65. The van der Waals surface area contributed by atoms with Crippen molar-refractivity contribution in [3.8, 4) is 0 Å². The third-order valence-electron chi connectivity index (χ3n) is 4.35. The van der Waals surface area contributed by atoms with Crippen LogP contribution in [0, 0.1) is 5.92 Å². The second-order valence-corrected chi connectivity index (χ2v) is 7.20. The van der Waals surface area contributed by atoms with Crippen LogP contribution in [0.15, 0.2) is 18.2 Å². The van der Waals surface area contributed by atoms with Crippen LogP contribution in [0.25, 0.3) is 0 Å². The molecule has 1 heterocycles. The van der Waals surface area contributed by atoms with E-state index in [4.69, 9.17) is 16.7 Å². The molecule has 1 aliphatic rings. The number of carbonyl (C=O) groups excluding carboxylic acids is 2. The lowest BCUT2D eigenvalue weighted by molar-refractivity contribution is -0.138. The first kappa shape index (κ1) is 20.8. The summed E-state index contributed by atoms with van der Waals surface area (Å²) in [7, 11) is 0. The first-order valence-corrected chi connectivity index (χ1v) is 9.20. The Bertz CT molecular complexity index is 717. The van der Waals surface area contributed by atoms with Crippen molar-refractivity contribution in [2.45, 2.75) is 26.8 Å². The molecule has 0 radical (unpaired) electrons. The fourth-order valence-electron chi connectivity index (χ4n) is 2.80. The number of hydrogen-bond donors (Lipinski definition) is 3. The van der Waals surface area contributed by atoms with Crippen LogP contribution in [0.4, 0.5) is 16.2 Å². The lowest BCUT2D eigenvalue weighted by Gasteiger charge is -2.37. The number of benzene rings is 1. The Kier molecular flexibility index (Phi) is 6.90. The predicted octanol–water partition coefficient (Wildman–Crippen LogP) is 2.24. The van der Waals surface area contributed by atoms with Crippen molar-refractivity contribution in [3.63, 3.8) is 0 Å². The number of carboxylic acids is 1. The van der Waals surface area contributed by atoms with Gasteiger partial charge in [0.2, 0.25) is 5.91 Å². The molecule has 1 fully saturated rings. The Hall–Kier alpha value is -2.48. The van der Waals surface area contributed by atoms with Gasteiger partial charge < -0.3 is 25.5 Å². The SMILES string of the molecule is CC(C)C(=O)N1CCN(c2ccc(NC(=O)NC(C)C(=O)O)cc2Cl)CC1. The van der Waals surface area contributed by atoms with Gasteiger partial charge in [-0.2, -0.15) is 0 Å². The maximum absolute atomic E-state index is 12.1. The van der Waals surface area contributed by atoms with Crippen molar-refractivity contribution >= 4 is 40.9 Å². The van der Waals surface area contributed by atoms with Crippen LogP contribution >= 0.6 is 11.6 Å². The number of anilines is 2. The second kappa shape index (κ2) is 8.94. The molecule has 3 amide bonds. The topological polar surface area (TPSA) is 102 Å². The zero-order valence-corrected chi connectivity index (χ0v) is 16.4. The Morgan fingerprint density at radius 1 is 1.11 bits per heavy atom. The van der Waals surface area contributed by atoms with Crippen LogP contribution in [0.1, 0.15) is 20.8 Å². The fourth-order valence-corrected chi connectivity index (χ4v) is 3.10. The van der Waals surface area contributed by atoms with E-state index in [9.17, 15) is 14.4 Å². The molecule has 1 unspecified atom stereocenters. The number of carboxylic acid groups (broad SMARTS) is 1.